The highest BCUT2D eigenvalue weighted by Crippen LogP contribution is 2.11. The molecule has 0 saturated heterocycles. The Bertz CT molecular complexity index is 256. The second kappa shape index (κ2) is 3.97. The fraction of sp³-hybridized carbons (Fsp3) is 0.111. The molecule has 12 heavy (non-hydrogen) atoms. The van der Waals surface area contributed by atoms with Gasteiger partial charge in [-0.05, 0) is 25.0 Å². The van der Waals surface area contributed by atoms with E-state index in [9.17, 15) is 0 Å². The van der Waals surface area contributed by atoms with Crippen LogP contribution in [0.3, 0.4) is 0 Å². The summed E-state index contributed by atoms with van der Waals surface area (Å²) < 4.78 is 5.06. The molecule has 0 aliphatic rings. The fourth-order valence-electron chi connectivity index (χ4n) is 0.804. The van der Waals surface area contributed by atoms with E-state index >= 15 is 0 Å². The Hall–Kier alpha value is -1.22. The standard InChI is InChI=1S/C9H11BO2/c1-3-10(11)12-9-6-4-8(2)5-7-9/h3-7,11H,1H2,2H3. The number of hydrogen-bond donors (Lipinski definition) is 1. The molecule has 0 radical (unpaired) electrons. The van der Waals surface area contributed by atoms with Crippen molar-refractivity contribution in [3.8, 4) is 5.75 Å². The lowest BCUT2D eigenvalue weighted by Gasteiger charge is -2.05. The van der Waals surface area contributed by atoms with E-state index < -0.39 is 7.12 Å². The Morgan fingerprint density at radius 2 is 2.00 bits per heavy atom. The Labute approximate surface area is 72.6 Å². The maximum Gasteiger partial charge on any atom is 0.551 e. The lowest BCUT2D eigenvalue weighted by molar-refractivity contribution is 0.431. The van der Waals surface area contributed by atoms with Gasteiger partial charge in [0, 0.05) is 0 Å². The van der Waals surface area contributed by atoms with Crippen LogP contribution in [0.2, 0.25) is 0 Å². The lowest BCUT2D eigenvalue weighted by atomic mass is 9.92. The molecule has 1 rings (SSSR count). The molecule has 2 nitrogen and oxygen atoms in total. The van der Waals surface area contributed by atoms with Gasteiger partial charge in [0.2, 0.25) is 0 Å². The first-order valence-electron chi connectivity index (χ1n) is 3.76. The summed E-state index contributed by atoms with van der Waals surface area (Å²) in [5.74, 6) is 1.98. The van der Waals surface area contributed by atoms with Gasteiger partial charge < -0.3 is 9.68 Å². The molecule has 1 aromatic rings. The molecule has 0 atom stereocenters. The predicted molar refractivity (Wildman–Crippen MR) is 50.0 cm³/mol. The van der Waals surface area contributed by atoms with Crippen molar-refractivity contribution in [1.29, 1.82) is 0 Å². The normalized spacial score (nSPS) is 9.17. The molecular weight excluding hydrogens is 151 g/mol. The molecule has 0 unspecified atom stereocenters. The Kier molecular flexibility index (Phi) is 2.94. The highest BCUT2D eigenvalue weighted by atomic mass is 16.5. The van der Waals surface area contributed by atoms with Crippen LogP contribution in [-0.2, 0) is 0 Å². The van der Waals surface area contributed by atoms with E-state index in [4.69, 9.17) is 9.68 Å². The highest BCUT2D eigenvalue weighted by molar-refractivity contribution is 6.49. The molecule has 0 aromatic heterocycles. The Morgan fingerprint density at radius 1 is 1.42 bits per heavy atom. The summed E-state index contributed by atoms with van der Waals surface area (Å²) in [7, 11) is -0.923. The van der Waals surface area contributed by atoms with Crippen molar-refractivity contribution >= 4 is 7.12 Å². The molecule has 0 fully saturated rings. The van der Waals surface area contributed by atoms with Crippen molar-refractivity contribution in [3.05, 3.63) is 42.4 Å². The van der Waals surface area contributed by atoms with Gasteiger partial charge in [-0.3, -0.25) is 0 Å². The van der Waals surface area contributed by atoms with Crippen LogP contribution >= 0.6 is 0 Å². The molecule has 0 bridgehead atoms. The third-order valence-electron chi connectivity index (χ3n) is 1.48. The first kappa shape index (κ1) is 8.88. The SMILES string of the molecule is C=CB(O)Oc1ccc(C)cc1. The van der Waals surface area contributed by atoms with Gasteiger partial charge in [-0.2, -0.15) is 0 Å². The van der Waals surface area contributed by atoms with Crippen LogP contribution in [0.4, 0.5) is 0 Å². The van der Waals surface area contributed by atoms with Gasteiger partial charge in [-0.1, -0.05) is 17.7 Å². The van der Waals surface area contributed by atoms with Gasteiger partial charge >= 0.3 is 7.12 Å². The van der Waals surface area contributed by atoms with E-state index in [1.807, 2.05) is 31.2 Å². The van der Waals surface area contributed by atoms with Crippen LogP contribution in [0.15, 0.2) is 36.8 Å². The number of aryl methyl sites for hydroxylation is 1. The average Bonchev–Trinajstić information content (AvgIpc) is 2.09. The summed E-state index contributed by atoms with van der Waals surface area (Å²) in [4.78, 5) is 0. The van der Waals surface area contributed by atoms with E-state index in [-0.39, 0.29) is 0 Å². The number of rotatable bonds is 3. The van der Waals surface area contributed by atoms with E-state index in [2.05, 4.69) is 6.58 Å². The van der Waals surface area contributed by atoms with Crippen molar-refractivity contribution in [1.82, 2.24) is 0 Å². The smallest absolute Gasteiger partial charge is 0.533 e. The van der Waals surface area contributed by atoms with Crippen molar-refractivity contribution in [2.75, 3.05) is 0 Å². The molecule has 0 amide bonds. The van der Waals surface area contributed by atoms with E-state index in [0.29, 0.717) is 5.75 Å². The maximum absolute atomic E-state index is 9.04. The zero-order chi connectivity index (χ0) is 8.97. The highest BCUT2D eigenvalue weighted by Gasteiger charge is 2.07. The first-order valence-corrected chi connectivity index (χ1v) is 3.76. The third kappa shape index (κ3) is 2.44. The predicted octanol–water partition coefficient (Wildman–Crippen LogP) is 1.58. The summed E-state index contributed by atoms with van der Waals surface area (Å²) in [6, 6.07) is 7.46. The second-order valence-corrected chi connectivity index (χ2v) is 2.56. The van der Waals surface area contributed by atoms with Crippen molar-refractivity contribution in [2.45, 2.75) is 6.92 Å². The van der Waals surface area contributed by atoms with E-state index in [0.717, 1.165) is 5.56 Å². The van der Waals surface area contributed by atoms with Crippen LogP contribution in [-0.4, -0.2) is 12.1 Å². The summed E-state index contributed by atoms with van der Waals surface area (Å²) in [6.45, 7) is 5.39. The Balaban J connectivity index is 2.64. The lowest BCUT2D eigenvalue weighted by Crippen LogP contribution is -2.17. The molecule has 0 aliphatic heterocycles. The minimum atomic E-state index is -0.923. The minimum Gasteiger partial charge on any atom is -0.533 e. The van der Waals surface area contributed by atoms with Crippen LogP contribution in [0.5, 0.6) is 5.75 Å². The summed E-state index contributed by atoms with van der Waals surface area (Å²) in [5.41, 5.74) is 1.16. The van der Waals surface area contributed by atoms with Gasteiger partial charge in [0.15, 0.2) is 0 Å². The van der Waals surface area contributed by atoms with Crippen LogP contribution in [0.25, 0.3) is 0 Å². The van der Waals surface area contributed by atoms with Crippen molar-refractivity contribution in [3.63, 3.8) is 0 Å². The van der Waals surface area contributed by atoms with Gasteiger partial charge in [-0.25, -0.2) is 0 Å². The monoisotopic (exact) mass is 162 g/mol. The van der Waals surface area contributed by atoms with Crippen LogP contribution in [0, 0.1) is 6.92 Å². The third-order valence-corrected chi connectivity index (χ3v) is 1.48. The zero-order valence-electron chi connectivity index (χ0n) is 7.03. The van der Waals surface area contributed by atoms with Crippen molar-refractivity contribution in [2.24, 2.45) is 0 Å². The van der Waals surface area contributed by atoms with E-state index in [1.54, 1.807) is 0 Å². The molecule has 0 heterocycles. The topological polar surface area (TPSA) is 29.5 Å². The van der Waals surface area contributed by atoms with Crippen LogP contribution < -0.4 is 4.65 Å². The zero-order valence-corrected chi connectivity index (χ0v) is 7.03. The minimum absolute atomic E-state index is 0.646. The van der Waals surface area contributed by atoms with E-state index in [1.165, 1.54) is 5.98 Å². The summed E-state index contributed by atoms with van der Waals surface area (Å²) >= 11 is 0. The molecule has 0 saturated carbocycles. The van der Waals surface area contributed by atoms with Crippen molar-refractivity contribution < 1.29 is 9.68 Å². The molecule has 62 valence electrons. The molecule has 1 aromatic carbocycles. The number of benzene rings is 1. The summed E-state index contributed by atoms with van der Waals surface area (Å²) in [5, 5.41) is 9.04. The summed E-state index contributed by atoms with van der Waals surface area (Å²) in [6.07, 6.45) is 0. The van der Waals surface area contributed by atoms with Gasteiger partial charge in [0.05, 0.1) is 0 Å². The van der Waals surface area contributed by atoms with Gasteiger partial charge in [0.1, 0.15) is 5.75 Å². The molecule has 3 heteroatoms. The van der Waals surface area contributed by atoms with Crippen LogP contribution in [0.1, 0.15) is 5.56 Å². The molecule has 0 spiro atoms. The largest absolute Gasteiger partial charge is 0.551 e. The van der Waals surface area contributed by atoms with Gasteiger partial charge in [-0.15, -0.1) is 6.58 Å². The fourth-order valence-corrected chi connectivity index (χ4v) is 0.804. The maximum atomic E-state index is 9.04. The first-order chi connectivity index (χ1) is 5.72. The second-order valence-electron chi connectivity index (χ2n) is 2.56. The molecule has 1 N–H and O–H groups in total. The average molecular weight is 162 g/mol. The molecular formula is C9H11BO2. The number of hydrogen-bond acceptors (Lipinski definition) is 2. The molecule has 0 aliphatic carbocycles. The quantitative estimate of drug-likeness (QED) is 0.683. The van der Waals surface area contributed by atoms with Gasteiger partial charge in [0.25, 0.3) is 0 Å². The Morgan fingerprint density at radius 3 is 2.50 bits per heavy atom.